The largest absolute Gasteiger partial charge is 0.372 e. The van der Waals surface area contributed by atoms with Crippen LogP contribution in [-0.4, -0.2) is 35.7 Å². The van der Waals surface area contributed by atoms with Crippen LogP contribution in [0.3, 0.4) is 0 Å². The lowest BCUT2D eigenvalue weighted by atomic mass is 9.98. The molecule has 6 nitrogen and oxygen atoms in total. The van der Waals surface area contributed by atoms with Crippen LogP contribution in [0.15, 0.2) is 59.1 Å². The zero-order valence-corrected chi connectivity index (χ0v) is 17.2. The van der Waals surface area contributed by atoms with E-state index in [-0.39, 0.29) is 11.8 Å². The Hall–Kier alpha value is -3.15. The van der Waals surface area contributed by atoms with Gasteiger partial charge in [0.1, 0.15) is 0 Å². The van der Waals surface area contributed by atoms with Crippen LogP contribution in [-0.2, 0) is 4.79 Å². The number of hydrogen-bond donors (Lipinski definition) is 0. The van der Waals surface area contributed by atoms with Crippen LogP contribution in [0, 0.1) is 5.92 Å². The van der Waals surface area contributed by atoms with Gasteiger partial charge in [-0.25, -0.2) is 0 Å². The van der Waals surface area contributed by atoms with Crippen molar-refractivity contribution >= 4 is 17.3 Å². The molecule has 2 saturated heterocycles. The van der Waals surface area contributed by atoms with Crippen LogP contribution in [0.25, 0.3) is 11.4 Å². The Morgan fingerprint density at radius 1 is 0.967 bits per heavy atom. The number of anilines is 2. The van der Waals surface area contributed by atoms with Gasteiger partial charge in [0.25, 0.3) is 0 Å². The molecule has 6 heteroatoms. The predicted octanol–water partition coefficient (Wildman–Crippen LogP) is 4.49. The number of amides is 1. The van der Waals surface area contributed by atoms with Gasteiger partial charge in [0.15, 0.2) is 0 Å². The molecule has 0 spiro atoms. The van der Waals surface area contributed by atoms with Gasteiger partial charge in [-0.15, -0.1) is 0 Å². The van der Waals surface area contributed by atoms with E-state index in [0.717, 1.165) is 30.3 Å². The zero-order chi connectivity index (χ0) is 20.5. The van der Waals surface area contributed by atoms with Gasteiger partial charge in [0, 0.05) is 43.0 Å². The zero-order valence-electron chi connectivity index (χ0n) is 17.2. The maximum atomic E-state index is 12.5. The smallest absolute Gasteiger partial charge is 0.232 e. The lowest BCUT2D eigenvalue weighted by molar-refractivity contribution is -0.117. The molecule has 0 N–H and O–H groups in total. The van der Waals surface area contributed by atoms with E-state index in [1.165, 1.54) is 18.5 Å². The Kier molecular flexibility index (Phi) is 4.99. The Morgan fingerprint density at radius 3 is 2.43 bits per heavy atom. The maximum absolute atomic E-state index is 12.5. The van der Waals surface area contributed by atoms with Crippen molar-refractivity contribution in [2.45, 2.75) is 32.1 Å². The first-order chi connectivity index (χ1) is 14.7. The third kappa shape index (κ3) is 3.70. The van der Waals surface area contributed by atoms with Crippen LogP contribution in [0.4, 0.5) is 11.4 Å². The first-order valence-electron chi connectivity index (χ1n) is 10.7. The summed E-state index contributed by atoms with van der Waals surface area (Å²) in [5, 5.41) is 4.18. The molecule has 1 atom stereocenters. The van der Waals surface area contributed by atoms with Gasteiger partial charge in [0.2, 0.25) is 17.6 Å². The molecule has 5 rings (SSSR count). The Morgan fingerprint density at radius 2 is 1.70 bits per heavy atom. The number of nitrogens with zero attached hydrogens (tertiary/aromatic N) is 4. The lowest BCUT2D eigenvalue weighted by Crippen LogP contribution is -2.32. The molecule has 1 amide bonds. The van der Waals surface area contributed by atoms with Crippen LogP contribution in [0.2, 0.25) is 0 Å². The number of carbonyl (C=O) groups excluding carboxylic acids is 1. The molecule has 0 saturated carbocycles. The van der Waals surface area contributed by atoms with Crippen molar-refractivity contribution in [2.75, 3.05) is 29.4 Å². The normalized spacial score (nSPS) is 20.2. The van der Waals surface area contributed by atoms with Crippen molar-refractivity contribution in [1.82, 2.24) is 10.1 Å². The summed E-state index contributed by atoms with van der Waals surface area (Å²) in [6, 6.07) is 18.1. The minimum atomic E-state index is -0.0754. The molecule has 0 aliphatic carbocycles. The highest BCUT2D eigenvalue weighted by molar-refractivity contribution is 5.96. The number of para-hydroxylation sites is 1. The first-order valence-corrected chi connectivity index (χ1v) is 10.7. The summed E-state index contributed by atoms with van der Waals surface area (Å²) in [6.45, 7) is 5.11. The minimum Gasteiger partial charge on any atom is -0.372 e. The van der Waals surface area contributed by atoms with Crippen molar-refractivity contribution in [1.29, 1.82) is 0 Å². The van der Waals surface area contributed by atoms with Crippen molar-refractivity contribution in [3.05, 3.63) is 60.5 Å². The maximum Gasteiger partial charge on any atom is 0.232 e. The van der Waals surface area contributed by atoms with Gasteiger partial charge in [0.05, 0.1) is 5.92 Å². The van der Waals surface area contributed by atoms with Crippen molar-refractivity contribution in [3.8, 4) is 11.4 Å². The molecule has 0 unspecified atom stereocenters. The molecule has 2 aliphatic rings. The second-order valence-corrected chi connectivity index (χ2v) is 8.41. The number of aromatic nitrogens is 2. The second kappa shape index (κ2) is 7.94. The first kappa shape index (κ1) is 18.9. The van der Waals surface area contributed by atoms with E-state index in [0.29, 0.717) is 24.7 Å². The fourth-order valence-corrected chi connectivity index (χ4v) is 4.34. The molecule has 0 radical (unpaired) electrons. The van der Waals surface area contributed by atoms with E-state index in [2.05, 4.69) is 46.2 Å². The van der Waals surface area contributed by atoms with Gasteiger partial charge in [-0.2, -0.15) is 4.98 Å². The van der Waals surface area contributed by atoms with E-state index < -0.39 is 0 Å². The molecular formula is C24H26N4O2. The fraction of sp³-hybridized carbons (Fsp3) is 0.375. The fourth-order valence-electron chi connectivity index (χ4n) is 4.34. The van der Waals surface area contributed by atoms with Gasteiger partial charge >= 0.3 is 0 Å². The summed E-state index contributed by atoms with van der Waals surface area (Å²) in [7, 11) is 0. The van der Waals surface area contributed by atoms with E-state index >= 15 is 0 Å². The molecule has 0 bridgehead atoms. The van der Waals surface area contributed by atoms with Crippen LogP contribution >= 0.6 is 0 Å². The molecule has 2 aliphatic heterocycles. The van der Waals surface area contributed by atoms with Gasteiger partial charge in [-0.1, -0.05) is 30.3 Å². The topological polar surface area (TPSA) is 62.5 Å². The predicted molar refractivity (Wildman–Crippen MR) is 116 cm³/mol. The highest BCUT2D eigenvalue weighted by atomic mass is 16.5. The molecule has 30 heavy (non-hydrogen) atoms. The summed E-state index contributed by atoms with van der Waals surface area (Å²) in [6.07, 6.45) is 2.88. The van der Waals surface area contributed by atoms with E-state index in [9.17, 15) is 4.79 Å². The molecule has 3 aromatic rings. The second-order valence-electron chi connectivity index (χ2n) is 8.41. The minimum absolute atomic E-state index is 0.0754. The van der Waals surface area contributed by atoms with Crippen molar-refractivity contribution in [3.63, 3.8) is 0 Å². The lowest BCUT2D eigenvalue weighted by Gasteiger charge is -2.32. The summed E-state index contributed by atoms with van der Waals surface area (Å²) in [4.78, 5) is 21.3. The summed E-state index contributed by atoms with van der Waals surface area (Å²) >= 11 is 0. The van der Waals surface area contributed by atoms with Gasteiger partial charge in [-0.3, -0.25) is 4.79 Å². The monoisotopic (exact) mass is 402 g/mol. The van der Waals surface area contributed by atoms with Gasteiger partial charge < -0.3 is 14.3 Å². The molecule has 3 heterocycles. The third-order valence-corrected chi connectivity index (χ3v) is 6.26. The average molecular weight is 402 g/mol. The quantitative estimate of drug-likeness (QED) is 0.643. The number of piperidine rings is 1. The average Bonchev–Trinajstić information content (AvgIpc) is 3.42. The van der Waals surface area contributed by atoms with Crippen LogP contribution in [0.5, 0.6) is 0 Å². The highest BCUT2D eigenvalue weighted by Gasteiger charge is 2.35. The van der Waals surface area contributed by atoms with Gasteiger partial charge in [-0.05, 0) is 55.2 Å². The Bertz CT molecular complexity index is 1010. The molecular weight excluding hydrogens is 376 g/mol. The van der Waals surface area contributed by atoms with E-state index in [4.69, 9.17) is 4.52 Å². The Balaban J connectivity index is 1.28. The summed E-state index contributed by atoms with van der Waals surface area (Å²) < 4.78 is 5.54. The number of carbonyl (C=O) groups is 1. The number of hydrogen-bond acceptors (Lipinski definition) is 5. The van der Waals surface area contributed by atoms with Crippen molar-refractivity contribution in [2.24, 2.45) is 5.92 Å². The molecule has 154 valence electrons. The molecule has 2 fully saturated rings. The Labute approximate surface area is 176 Å². The standard InChI is InChI=1S/C24H26N4O2/c1-17-11-13-27(14-12-17)20-9-7-18(8-10-20)23-25-24(30-26-23)19-15-22(29)28(16-19)21-5-3-2-4-6-21/h2-10,17,19H,11-16H2,1H3/t19-/m1/s1. The highest BCUT2D eigenvalue weighted by Crippen LogP contribution is 2.32. The van der Waals surface area contributed by atoms with Crippen LogP contribution in [0.1, 0.15) is 38.0 Å². The third-order valence-electron chi connectivity index (χ3n) is 6.26. The number of rotatable bonds is 4. The van der Waals surface area contributed by atoms with E-state index in [1.807, 2.05) is 30.3 Å². The van der Waals surface area contributed by atoms with E-state index in [1.54, 1.807) is 4.90 Å². The number of benzene rings is 2. The molecule has 1 aromatic heterocycles. The SMILES string of the molecule is CC1CCN(c2ccc(-c3noc([C@@H]4CC(=O)N(c5ccccc5)C4)n3)cc2)CC1. The molecule has 2 aromatic carbocycles. The van der Waals surface area contributed by atoms with Crippen LogP contribution < -0.4 is 9.80 Å². The van der Waals surface area contributed by atoms with Crippen molar-refractivity contribution < 1.29 is 9.32 Å². The summed E-state index contributed by atoms with van der Waals surface area (Å²) in [5.74, 6) is 1.94. The summed E-state index contributed by atoms with van der Waals surface area (Å²) in [5.41, 5.74) is 3.09.